The molecule has 0 saturated carbocycles. The highest BCUT2D eigenvalue weighted by atomic mass is 35.5. The van der Waals surface area contributed by atoms with Crippen LogP contribution < -0.4 is 5.56 Å². The molecule has 1 aromatic heterocycles. The molecule has 0 amide bonds. The molecule has 0 atom stereocenters. The summed E-state index contributed by atoms with van der Waals surface area (Å²) in [5.41, 5.74) is 0.0668. The molecule has 134 valence electrons. The van der Waals surface area contributed by atoms with Crippen LogP contribution in [0.1, 0.15) is 22.3 Å². The molecular weight excluding hydrogens is 358 g/mol. The molecule has 0 aliphatic heterocycles. The smallest absolute Gasteiger partial charge is 0.347 e. The van der Waals surface area contributed by atoms with Crippen LogP contribution in [0.5, 0.6) is 11.5 Å². The van der Waals surface area contributed by atoms with Crippen molar-refractivity contribution < 1.29 is 19.7 Å². The molecule has 3 rings (SSSR count). The molecular formula is C19H16ClNO5. The van der Waals surface area contributed by atoms with E-state index in [0.717, 1.165) is 5.56 Å². The quantitative estimate of drug-likeness (QED) is 0.470. The van der Waals surface area contributed by atoms with Crippen LogP contribution in [0.3, 0.4) is 0 Å². The van der Waals surface area contributed by atoms with Crippen molar-refractivity contribution in [2.24, 2.45) is 0 Å². The van der Waals surface area contributed by atoms with Gasteiger partial charge >= 0.3 is 5.97 Å². The van der Waals surface area contributed by atoms with Gasteiger partial charge in [0.25, 0.3) is 5.56 Å². The van der Waals surface area contributed by atoms with Crippen LogP contribution in [0.25, 0.3) is 10.9 Å². The molecule has 3 N–H and O–H groups in total. The van der Waals surface area contributed by atoms with Crippen LogP contribution in [0.2, 0.25) is 5.02 Å². The molecule has 0 radical (unpaired) electrons. The lowest BCUT2D eigenvalue weighted by Crippen LogP contribution is -2.20. The molecule has 0 aliphatic rings. The van der Waals surface area contributed by atoms with E-state index in [9.17, 15) is 19.8 Å². The Morgan fingerprint density at radius 3 is 2.73 bits per heavy atom. The van der Waals surface area contributed by atoms with E-state index in [-0.39, 0.29) is 12.4 Å². The van der Waals surface area contributed by atoms with Crippen molar-refractivity contribution in [3.63, 3.8) is 0 Å². The predicted molar refractivity (Wildman–Crippen MR) is 98.0 cm³/mol. The number of rotatable bonds is 5. The number of nitrogens with one attached hydrogen (secondary N) is 1. The number of ether oxygens (including phenoxy) is 1. The molecule has 0 spiro atoms. The molecule has 1 heterocycles. The van der Waals surface area contributed by atoms with E-state index in [0.29, 0.717) is 28.8 Å². The summed E-state index contributed by atoms with van der Waals surface area (Å²) in [5.74, 6) is -1.15. The summed E-state index contributed by atoms with van der Waals surface area (Å²) in [5, 5.41) is 20.4. The van der Waals surface area contributed by atoms with Gasteiger partial charge in [0.05, 0.1) is 12.1 Å². The summed E-state index contributed by atoms with van der Waals surface area (Å²) >= 11 is 5.86. The molecule has 6 nitrogen and oxygen atoms in total. The fourth-order valence-corrected chi connectivity index (χ4v) is 2.84. The molecule has 0 aliphatic carbocycles. The van der Waals surface area contributed by atoms with Gasteiger partial charge in [0.15, 0.2) is 5.56 Å². The van der Waals surface area contributed by atoms with E-state index in [1.807, 2.05) is 6.07 Å². The second-order valence-electron chi connectivity index (χ2n) is 5.78. The van der Waals surface area contributed by atoms with Crippen LogP contribution in [0.4, 0.5) is 0 Å². The van der Waals surface area contributed by atoms with E-state index in [4.69, 9.17) is 16.3 Å². The van der Waals surface area contributed by atoms with Gasteiger partial charge < -0.3 is 19.9 Å². The van der Waals surface area contributed by atoms with Gasteiger partial charge in [-0.05, 0) is 48.7 Å². The maximum atomic E-state index is 12.2. The molecule has 0 saturated heterocycles. The number of phenolic OH excluding ortho intramolecular Hbond substituents is 1. The molecule has 7 heteroatoms. The molecule has 0 unspecified atom stereocenters. The maximum absolute atomic E-state index is 12.2. The van der Waals surface area contributed by atoms with E-state index in [1.54, 1.807) is 24.3 Å². The Hall–Kier alpha value is -2.99. The van der Waals surface area contributed by atoms with Gasteiger partial charge in [-0.1, -0.05) is 23.7 Å². The molecule has 3 aromatic rings. The number of benzene rings is 2. The van der Waals surface area contributed by atoms with Gasteiger partial charge in [0.1, 0.15) is 11.5 Å². The highest BCUT2D eigenvalue weighted by Gasteiger charge is 2.20. The van der Waals surface area contributed by atoms with Crippen molar-refractivity contribution in [3.05, 3.63) is 69.0 Å². The topological polar surface area (TPSA) is 99.6 Å². The van der Waals surface area contributed by atoms with Crippen molar-refractivity contribution in [1.82, 2.24) is 4.98 Å². The zero-order chi connectivity index (χ0) is 18.7. The number of pyridine rings is 1. The third-order valence-corrected chi connectivity index (χ3v) is 4.14. The lowest BCUT2D eigenvalue weighted by atomic mass is 10.1. The Kier molecular flexibility index (Phi) is 5.14. The van der Waals surface area contributed by atoms with Crippen molar-refractivity contribution in [2.45, 2.75) is 12.8 Å². The number of H-pyrrole nitrogens is 1. The normalized spacial score (nSPS) is 10.8. The zero-order valence-corrected chi connectivity index (χ0v) is 14.4. The van der Waals surface area contributed by atoms with E-state index in [2.05, 4.69) is 4.98 Å². The zero-order valence-electron chi connectivity index (χ0n) is 13.7. The first-order chi connectivity index (χ1) is 12.5. The highest BCUT2D eigenvalue weighted by molar-refractivity contribution is 6.31. The number of carbonyl (C=O) groups is 1. The third-order valence-electron chi connectivity index (χ3n) is 3.91. The first-order valence-electron chi connectivity index (χ1n) is 7.95. The van der Waals surface area contributed by atoms with Crippen LogP contribution in [0.15, 0.2) is 47.3 Å². The Balaban J connectivity index is 1.70. The second-order valence-corrected chi connectivity index (χ2v) is 6.21. The Bertz CT molecular complexity index is 1030. The van der Waals surface area contributed by atoms with Crippen LogP contribution in [0, 0.1) is 0 Å². The standard InChI is InChI=1S/C19H16ClNO5/c20-12-6-7-14-15(10-12)21-18(24)16(17(14)23)19(25)26-8-2-4-11-3-1-5-13(22)9-11/h1,3,5-7,9-10,22H,2,4,8H2,(H2,21,23,24). The van der Waals surface area contributed by atoms with Crippen LogP contribution >= 0.6 is 11.6 Å². The summed E-state index contributed by atoms with van der Waals surface area (Å²) in [4.78, 5) is 26.8. The fourth-order valence-electron chi connectivity index (χ4n) is 2.67. The SMILES string of the molecule is O=C(OCCCc1cccc(O)c1)c1c(O)c2ccc(Cl)cc2[nH]c1=O. The number of aromatic hydroxyl groups is 2. The minimum absolute atomic E-state index is 0.0754. The number of aromatic nitrogens is 1. The average molecular weight is 374 g/mol. The van der Waals surface area contributed by atoms with Gasteiger partial charge in [-0.2, -0.15) is 0 Å². The number of halogens is 1. The Morgan fingerprint density at radius 2 is 1.96 bits per heavy atom. The molecule has 0 bridgehead atoms. The van der Waals surface area contributed by atoms with Gasteiger partial charge in [-0.25, -0.2) is 4.79 Å². The van der Waals surface area contributed by atoms with E-state index < -0.39 is 22.8 Å². The third kappa shape index (κ3) is 3.81. The number of esters is 1. The molecule has 2 aromatic carbocycles. The first kappa shape index (κ1) is 17.8. The lowest BCUT2D eigenvalue weighted by Gasteiger charge is -2.08. The monoisotopic (exact) mass is 373 g/mol. The van der Waals surface area contributed by atoms with Crippen molar-refractivity contribution >= 4 is 28.5 Å². The second kappa shape index (κ2) is 7.49. The van der Waals surface area contributed by atoms with Crippen LogP contribution in [-0.2, 0) is 11.2 Å². The van der Waals surface area contributed by atoms with Crippen molar-refractivity contribution in [3.8, 4) is 11.5 Å². The number of carbonyl (C=O) groups excluding carboxylic acids is 1. The molecule has 26 heavy (non-hydrogen) atoms. The predicted octanol–water partition coefficient (Wildman–Crippen LogP) is 3.38. The summed E-state index contributed by atoms with van der Waals surface area (Å²) in [6, 6.07) is 11.3. The van der Waals surface area contributed by atoms with Gasteiger partial charge in [0, 0.05) is 10.4 Å². The number of hydrogen-bond acceptors (Lipinski definition) is 5. The summed E-state index contributed by atoms with van der Waals surface area (Å²) in [6.45, 7) is 0.0754. The fraction of sp³-hybridized carbons (Fsp3) is 0.158. The minimum Gasteiger partial charge on any atom is -0.508 e. The Morgan fingerprint density at radius 1 is 1.15 bits per heavy atom. The minimum atomic E-state index is -0.892. The van der Waals surface area contributed by atoms with Gasteiger partial charge in [0.2, 0.25) is 0 Å². The summed E-state index contributed by atoms with van der Waals surface area (Å²) in [7, 11) is 0. The van der Waals surface area contributed by atoms with Crippen molar-refractivity contribution in [2.75, 3.05) is 6.61 Å². The Labute approximate surface area is 153 Å². The lowest BCUT2D eigenvalue weighted by molar-refractivity contribution is 0.0495. The highest BCUT2D eigenvalue weighted by Crippen LogP contribution is 2.27. The summed E-state index contributed by atoms with van der Waals surface area (Å²) in [6.07, 6.45) is 1.11. The summed E-state index contributed by atoms with van der Waals surface area (Å²) < 4.78 is 5.11. The van der Waals surface area contributed by atoms with Crippen LogP contribution in [-0.4, -0.2) is 27.8 Å². The van der Waals surface area contributed by atoms with Gasteiger partial charge in [-0.3, -0.25) is 4.79 Å². The number of hydrogen-bond donors (Lipinski definition) is 3. The van der Waals surface area contributed by atoms with E-state index >= 15 is 0 Å². The number of aryl methyl sites for hydroxylation is 1. The first-order valence-corrected chi connectivity index (χ1v) is 8.33. The maximum Gasteiger partial charge on any atom is 0.347 e. The van der Waals surface area contributed by atoms with Crippen molar-refractivity contribution in [1.29, 1.82) is 0 Å². The number of phenols is 1. The van der Waals surface area contributed by atoms with E-state index in [1.165, 1.54) is 12.1 Å². The largest absolute Gasteiger partial charge is 0.508 e. The number of aromatic amines is 1. The van der Waals surface area contributed by atoms with Gasteiger partial charge in [-0.15, -0.1) is 0 Å². The average Bonchev–Trinajstić information content (AvgIpc) is 2.58. The molecule has 0 fully saturated rings. The number of fused-ring (bicyclic) bond motifs is 1.